The predicted molar refractivity (Wildman–Crippen MR) is 56.3 cm³/mol. The van der Waals surface area contributed by atoms with Gasteiger partial charge in [0.25, 0.3) is 0 Å². The van der Waals surface area contributed by atoms with Crippen LogP contribution >= 0.6 is 0 Å². The molecule has 0 aromatic heterocycles. The molecular weight excluding hydrogens is 146 g/mol. The third-order valence-electron chi connectivity index (χ3n) is 2.26. The quantitative estimate of drug-likeness (QED) is 0.603. The molecule has 0 amide bonds. The molecule has 0 fully saturated rings. The van der Waals surface area contributed by atoms with Gasteiger partial charge in [0.2, 0.25) is 0 Å². The van der Waals surface area contributed by atoms with Gasteiger partial charge in [-0.1, -0.05) is 26.8 Å². The standard InChI is InChI=1S/C11H23N/c1-6-8-10(5)12-11(7-2)9(3)4/h6,9-12H,1,7-8H2,2-5H3. The van der Waals surface area contributed by atoms with Crippen molar-refractivity contribution < 1.29 is 0 Å². The molecule has 0 rings (SSSR count). The summed E-state index contributed by atoms with van der Waals surface area (Å²) < 4.78 is 0. The Kier molecular flexibility index (Phi) is 6.09. The van der Waals surface area contributed by atoms with Crippen molar-refractivity contribution >= 4 is 0 Å². The van der Waals surface area contributed by atoms with Gasteiger partial charge in [-0.15, -0.1) is 6.58 Å². The molecule has 0 bridgehead atoms. The van der Waals surface area contributed by atoms with Gasteiger partial charge in [0, 0.05) is 12.1 Å². The Morgan fingerprint density at radius 1 is 1.33 bits per heavy atom. The SMILES string of the molecule is C=CCC(C)NC(CC)C(C)C. The van der Waals surface area contributed by atoms with Crippen molar-refractivity contribution in [2.45, 2.75) is 52.6 Å². The zero-order valence-corrected chi connectivity index (χ0v) is 8.93. The van der Waals surface area contributed by atoms with Crippen molar-refractivity contribution in [1.82, 2.24) is 5.32 Å². The van der Waals surface area contributed by atoms with Crippen LogP contribution in [0.3, 0.4) is 0 Å². The Morgan fingerprint density at radius 2 is 1.92 bits per heavy atom. The van der Waals surface area contributed by atoms with Gasteiger partial charge in [0.15, 0.2) is 0 Å². The summed E-state index contributed by atoms with van der Waals surface area (Å²) in [6.07, 6.45) is 4.24. The molecule has 0 saturated carbocycles. The summed E-state index contributed by atoms with van der Waals surface area (Å²) in [4.78, 5) is 0. The van der Waals surface area contributed by atoms with Crippen LogP contribution in [0.1, 0.15) is 40.5 Å². The molecule has 0 radical (unpaired) electrons. The van der Waals surface area contributed by atoms with E-state index in [2.05, 4.69) is 39.6 Å². The average molecular weight is 169 g/mol. The first-order valence-electron chi connectivity index (χ1n) is 4.98. The van der Waals surface area contributed by atoms with Gasteiger partial charge in [-0.25, -0.2) is 0 Å². The Morgan fingerprint density at radius 3 is 2.25 bits per heavy atom. The molecule has 1 nitrogen and oxygen atoms in total. The van der Waals surface area contributed by atoms with E-state index in [1.54, 1.807) is 0 Å². The van der Waals surface area contributed by atoms with Crippen LogP contribution < -0.4 is 5.32 Å². The van der Waals surface area contributed by atoms with E-state index in [9.17, 15) is 0 Å². The molecule has 1 N–H and O–H groups in total. The fourth-order valence-corrected chi connectivity index (χ4v) is 1.47. The molecule has 0 aromatic carbocycles. The van der Waals surface area contributed by atoms with Gasteiger partial charge >= 0.3 is 0 Å². The van der Waals surface area contributed by atoms with Gasteiger partial charge in [0.05, 0.1) is 0 Å². The van der Waals surface area contributed by atoms with Gasteiger partial charge < -0.3 is 5.32 Å². The third-order valence-corrected chi connectivity index (χ3v) is 2.26. The van der Waals surface area contributed by atoms with Crippen molar-refractivity contribution in [3.63, 3.8) is 0 Å². The summed E-state index contributed by atoms with van der Waals surface area (Å²) in [7, 11) is 0. The van der Waals surface area contributed by atoms with E-state index in [1.165, 1.54) is 6.42 Å². The Bertz CT molecular complexity index is 118. The molecule has 0 saturated heterocycles. The zero-order chi connectivity index (χ0) is 9.56. The first-order valence-corrected chi connectivity index (χ1v) is 4.98. The van der Waals surface area contributed by atoms with E-state index in [0.29, 0.717) is 12.1 Å². The molecule has 0 aliphatic carbocycles. The van der Waals surface area contributed by atoms with Crippen LogP contribution in [-0.4, -0.2) is 12.1 Å². The molecule has 0 aromatic rings. The molecule has 2 unspecified atom stereocenters. The number of rotatable bonds is 6. The summed E-state index contributed by atoms with van der Waals surface area (Å²) in [6, 6.07) is 1.22. The first-order chi connectivity index (χ1) is 5.61. The second kappa shape index (κ2) is 6.24. The van der Waals surface area contributed by atoms with Gasteiger partial charge in [-0.2, -0.15) is 0 Å². The predicted octanol–water partition coefficient (Wildman–Crippen LogP) is 2.98. The number of nitrogens with one attached hydrogen (secondary N) is 1. The zero-order valence-electron chi connectivity index (χ0n) is 8.93. The highest BCUT2D eigenvalue weighted by Gasteiger charge is 2.12. The van der Waals surface area contributed by atoms with E-state index >= 15 is 0 Å². The second-order valence-electron chi connectivity index (χ2n) is 3.85. The highest BCUT2D eigenvalue weighted by Crippen LogP contribution is 2.07. The molecule has 0 aliphatic heterocycles. The maximum Gasteiger partial charge on any atom is 0.00900 e. The van der Waals surface area contributed by atoms with Crippen LogP contribution in [0.15, 0.2) is 12.7 Å². The first kappa shape index (κ1) is 11.7. The van der Waals surface area contributed by atoms with E-state index in [4.69, 9.17) is 0 Å². The largest absolute Gasteiger partial charge is 0.311 e. The number of hydrogen-bond acceptors (Lipinski definition) is 1. The van der Waals surface area contributed by atoms with E-state index in [-0.39, 0.29) is 0 Å². The smallest absolute Gasteiger partial charge is 0.00900 e. The molecule has 72 valence electrons. The molecule has 0 spiro atoms. The molecule has 1 heteroatoms. The van der Waals surface area contributed by atoms with Crippen molar-refractivity contribution in [2.75, 3.05) is 0 Å². The van der Waals surface area contributed by atoms with Crippen LogP contribution in [0, 0.1) is 5.92 Å². The molecule has 0 aliphatic rings. The Labute approximate surface area is 77.2 Å². The van der Waals surface area contributed by atoms with Crippen LogP contribution in [-0.2, 0) is 0 Å². The summed E-state index contributed by atoms with van der Waals surface area (Å²) >= 11 is 0. The molecular formula is C11H23N. The lowest BCUT2D eigenvalue weighted by atomic mass is 10.0. The summed E-state index contributed by atoms with van der Waals surface area (Å²) in [5, 5.41) is 3.60. The molecule has 12 heavy (non-hydrogen) atoms. The summed E-state index contributed by atoms with van der Waals surface area (Å²) in [5.74, 6) is 0.724. The van der Waals surface area contributed by atoms with E-state index in [0.717, 1.165) is 12.3 Å². The lowest BCUT2D eigenvalue weighted by molar-refractivity contribution is 0.353. The van der Waals surface area contributed by atoms with E-state index in [1.807, 2.05) is 6.08 Å². The maximum atomic E-state index is 3.74. The number of hydrogen-bond donors (Lipinski definition) is 1. The van der Waals surface area contributed by atoms with Gasteiger partial charge in [-0.3, -0.25) is 0 Å². The van der Waals surface area contributed by atoms with Crippen molar-refractivity contribution in [2.24, 2.45) is 5.92 Å². The van der Waals surface area contributed by atoms with Crippen LogP contribution in [0.5, 0.6) is 0 Å². The molecule has 2 atom stereocenters. The van der Waals surface area contributed by atoms with E-state index < -0.39 is 0 Å². The molecule has 0 heterocycles. The second-order valence-corrected chi connectivity index (χ2v) is 3.85. The van der Waals surface area contributed by atoms with Gasteiger partial charge in [-0.05, 0) is 25.7 Å². The normalized spacial score (nSPS) is 16.1. The lowest BCUT2D eigenvalue weighted by Crippen LogP contribution is -2.39. The third kappa shape index (κ3) is 4.55. The fourth-order valence-electron chi connectivity index (χ4n) is 1.47. The van der Waals surface area contributed by atoms with Crippen LogP contribution in [0.25, 0.3) is 0 Å². The lowest BCUT2D eigenvalue weighted by Gasteiger charge is -2.24. The van der Waals surface area contributed by atoms with Crippen molar-refractivity contribution in [1.29, 1.82) is 0 Å². The average Bonchev–Trinajstić information content (AvgIpc) is 2.00. The summed E-state index contributed by atoms with van der Waals surface area (Å²) in [6.45, 7) is 12.7. The Balaban J connectivity index is 3.76. The fraction of sp³-hybridized carbons (Fsp3) is 0.818. The minimum atomic E-state index is 0.565. The minimum absolute atomic E-state index is 0.565. The van der Waals surface area contributed by atoms with Crippen LogP contribution in [0.4, 0.5) is 0 Å². The summed E-state index contributed by atoms with van der Waals surface area (Å²) in [5.41, 5.74) is 0. The highest BCUT2D eigenvalue weighted by molar-refractivity contribution is 4.79. The van der Waals surface area contributed by atoms with Crippen molar-refractivity contribution in [3.05, 3.63) is 12.7 Å². The monoisotopic (exact) mass is 169 g/mol. The van der Waals surface area contributed by atoms with Crippen LogP contribution in [0.2, 0.25) is 0 Å². The van der Waals surface area contributed by atoms with Gasteiger partial charge in [0.1, 0.15) is 0 Å². The minimum Gasteiger partial charge on any atom is -0.311 e. The van der Waals surface area contributed by atoms with Crippen molar-refractivity contribution in [3.8, 4) is 0 Å². The topological polar surface area (TPSA) is 12.0 Å². The maximum absolute atomic E-state index is 3.74. The Hall–Kier alpha value is -0.300. The highest BCUT2D eigenvalue weighted by atomic mass is 14.9.